The monoisotopic (exact) mass is 1080 g/mol. The summed E-state index contributed by atoms with van der Waals surface area (Å²) in [6, 6.07) is 65.8. The van der Waals surface area contributed by atoms with E-state index in [4.69, 9.17) is 9.47 Å². The van der Waals surface area contributed by atoms with Gasteiger partial charge in [0.15, 0.2) is 11.5 Å². The molecule has 9 aromatic rings. The van der Waals surface area contributed by atoms with Gasteiger partial charge in [0.2, 0.25) is 0 Å². The number of nitrogens with zero attached hydrogens (tertiary/aromatic N) is 2. The van der Waals surface area contributed by atoms with Crippen LogP contribution in [0.1, 0.15) is 73.6 Å². The van der Waals surface area contributed by atoms with Gasteiger partial charge in [0.1, 0.15) is 11.5 Å². The molecule has 8 aliphatic carbocycles. The zero-order valence-electron chi connectivity index (χ0n) is 46.8. The van der Waals surface area contributed by atoms with Crippen molar-refractivity contribution in [1.82, 2.24) is 0 Å². The Labute approximate surface area is 490 Å². The summed E-state index contributed by atoms with van der Waals surface area (Å²) >= 11 is 0. The fourth-order valence-electron chi connectivity index (χ4n) is 17.7. The van der Waals surface area contributed by atoms with E-state index in [-0.39, 0.29) is 10.8 Å². The number of hydrogen-bond acceptors (Lipinski definition) is 4. The first-order valence-corrected chi connectivity index (χ1v) is 30.7. The first-order chi connectivity index (χ1) is 41.6. The third kappa shape index (κ3) is 6.54. The summed E-state index contributed by atoms with van der Waals surface area (Å²) in [6.45, 7) is 0. The second-order valence-electron chi connectivity index (χ2n) is 25.3. The Bertz CT molecular complexity index is 4650. The highest BCUT2D eigenvalue weighted by Gasteiger charge is 2.53. The van der Waals surface area contributed by atoms with Crippen molar-refractivity contribution in [3.8, 4) is 56.0 Å². The molecule has 4 heteroatoms. The van der Waals surface area contributed by atoms with Crippen molar-refractivity contribution in [2.45, 2.75) is 62.2 Å². The standard InChI is InChI=1S/C80H60N2O2/c1-2-18-52-46-79(45-51(52)17-1)65-23-7-5-21-57(65)59-37-33-49(41-67(59)79)77-61-39-35-56(82-71-27-11-15-31-75(71)84-76-32-16-12-28-72(76)82)44-64(61)78(62-40-36-55(43-63(62)77)81-69-25-9-13-29-73(69)83-74-30-14-10-26-70(74)81)50-34-38-60-58-22-6-8-24-66(58)80(68(60)42-50)47-53-19-3-4-20-54(53)48-80/h1-11,13,15-27,29,31-44,51-54H,12,14,28,30,45-48H2. The van der Waals surface area contributed by atoms with Crippen molar-refractivity contribution in [2.24, 2.45) is 23.7 Å². The molecule has 0 amide bonds. The van der Waals surface area contributed by atoms with Crippen molar-refractivity contribution < 1.29 is 9.47 Å². The van der Waals surface area contributed by atoms with Crippen LogP contribution in [-0.4, -0.2) is 0 Å². The lowest BCUT2D eigenvalue weighted by molar-refractivity contribution is 0.388. The molecule has 4 unspecified atom stereocenters. The van der Waals surface area contributed by atoms with Crippen molar-refractivity contribution in [1.29, 1.82) is 0 Å². The highest BCUT2D eigenvalue weighted by atomic mass is 16.5. The summed E-state index contributed by atoms with van der Waals surface area (Å²) in [7, 11) is 0. The summed E-state index contributed by atoms with van der Waals surface area (Å²) in [5.74, 6) is 5.74. The van der Waals surface area contributed by atoms with Crippen LogP contribution in [0.15, 0.2) is 266 Å². The van der Waals surface area contributed by atoms with Gasteiger partial charge in [0.05, 0.1) is 22.8 Å². The molecular formula is C80H60N2O2. The smallest absolute Gasteiger partial charge is 0.151 e. The minimum Gasteiger partial charge on any atom is -0.457 e. The minimum atomic E-state index is -0.0985. The summed E-state index contributed by atoms with van der Waals surface area (Å²) < 4.78 is 13.5. The predicted molar refractivity (Wildman–Crippen MR) is 343 cm³/mol. The predicted octanol–water partition coefficient (Wildman–Crippen LogP) is 20.3. The Hall–Kier alpha value is -9.38. The van der Waals surface area contributed by atoms with Gasteiger partial charge in [-0.25, -0.2) is 0 Å². The SMILES string of the molecule is C1=CC2CC3(CC2C=C1)c1ccccc1-c1ccc(-c2c4ccc(N5C6=C(C=CCC6)Oc6ccccc65)cc4c(-c4ccc5c(c4)C4(CC6C=CC=CC6C4)c4ccccc4-5)c4ccc(N5C6=C(CCC=C6)Oc6ccccc65)cc24)cc13. The van der Waals surface area contributed by atoms with Crippen LogP contribution in [0, 0.1) is 23.7 Å². The molecule has 19 rings (SSSR count). The van der Waals surface area contributed by atoms with Gasteiger partial charge < -0.3 is 19.3 Å². The highest BCUT2D eigenvalue weighted by molar-refractivity contribution is 6.23. The molecule has 4 atom stereocenters. The van der Waals surface area contributed by atoms with Crippen molar-refractivity contribution in [3.63, 3.8) is 0 Å². The average molecular weight is 1080 g/mol. The van der Waals surface area contributed by atoms with Gasteiger partial charge in [-0.3, -0.25) is 0 Å². The maximum absolute atomic E-state index is 6.75. The molecule has 0 radical (unpaired) electrons. The number of rotatable bonds is 4. The number of ether oxygens (including phenoxy) is 2. The molecule has 2 saturated carbocycles. The fourth-order valence-corrected chi connectivity index (χ4v) is 17.7. The van der Waals surface area contributed by atoms with Crippen LogP contribution < -0.4 is 19.3 Å². The van der Waals surface area contributed by atoms with Gasteiger partial charge >= 0.3 is 0 Å². The summed E-state index contributed by atoms with van der Waals surface area (Å²) in [5.41, 5.74) is 23.0. The van der Waals surface area contributed by atoms with Crippen LogP contribution in [0.25, 0.3) is 66.1 Å². The molecule has 9 aromatic carbocycles. The molecule has 4 nitrogen and oxygen atoms in total. The van der Waals surface area contributed by atoms with Gasteiger partial charge in [0.25, 0.3) is 0 Å². The minimum absolute atomic E-state index is 0.0982. The molecule has 402 valence electrons. The van der Waals surface area contributed by atoms with Gasteiger partial charge in [0, 0.05) is 28.6 Å². The lowest BCUT2D eigenvalue weighted by Crippen LogP contribution is -2.25. The largest absolute Gasteiger partial charge is 0.457 e. The second kappa shape index (κ2) is 17.6. The molecule has 2 fully saturated rings. The van der Waals surface area contributed by atoms with E-state index in [1.54, 1.807) is 0 Å². The molecule has 2 heterocycles. The van der Waals surface area contributed by atoms with E-state index in [1.807, 2.05) is 0 Å². The van der Waals surface area contributed by atoms with Gasteiger partial charge in [-0.15, -0.1) is 0 Å². The van der Waals surface area contributed by atoms with Crippen molar-refractivity contribution in [2.75, 3.05) is 9.80 Å². The molecule has 0 aromatic heterocycles. The van der Waals surface area contributed by atoms with E-state index < -0.39 is 0 Å². The third-order valence-corrected chi connectivity index (χ3v) is 21.2. The number of para-hydroxylation sites is 4. The third-order valence-electron chi connectivity index (χ3n) is 21.2. The zero-order valence-corrected chi connectivity index (χ0v) is 46.8. The number of benzene rings is 9. The number of fused-ring (bicyclic) bond motifs is 16. The molecular weight excluding hydrogens is 1020 g/mol. The zero-order chi connectivity index (χ0) is 54.8. The average Bonchev–Trinajstić information content (AvgIpc) is 1.71. The number of hydrogen-bond donors (Lipinski definition) is 0. The highest BCUT2D eigenvalue weighted by Crippen LogP contribution is 2.64. The molecule has 84 heavy (non-hydrogen) atoms. The lowest BCUT2D eigenvalue weighted by Gasteiger charge is -2.36. The van der Waals surface area contributed by atoms with E-state index in [0.717, 1.165) is 103 Å². The van der Waals surface area contributed by atoms with E-state index in [0.29, 0.717) is 23.7 Å². The Morgan fingerprint density at radius 1 is 0.393 bits per heavy atom. The maximum atomic E-state index is 6.75. The molecule has 10 aliphatic rings. The van der Waals surface area contributed by atoms with Crippen LogP contribution in [0.2, 0.25) is 0 Å². The van der Waals surface area contributed by atoms with E-state index in [2.05, 4.69) is 253 Å². The number of allylic oxidation sites excluding steroid dienone is 14. The van der Waals surface area contributed by atoms with Gasteiger partial charge in [-0.2, -0.15) is 0 Å². The van der Waals surface area contributed by atoms with E-state index in [9.17, 15) is 0 Å². The van der Waals surface area contributed by atoms with Crippen LogP contribution in [0.4, 0.5) is 22.7 Å². The number of anilines is 4. The fraction of sp³-hybridized carbons (Fsp3) is 0.175. The van der Waals surface area contributed by atoms with Crippen LogP contribution in [0.5, 0.6) is 11.5 Å². The lowest BCUT2D eigenvalue weighted by atomic mass is 9.74. The first kappa shape index (κ1) is 47.1. The van der Waals surface area contributed by atoms with Crippen LogP contribution in [0.3, 0.4) is 0 Å². The van der Waals surface area contributed by atoms with Crippen molar-refractivity contribution in [3.05, 3.63) is 288 Å². The summed E-state index contributed by atoms with van der Waals surface area (Å²) in [4.78, 5) is 4.97. The van der Waals surface area contributed by atoms with Gasteiger partial charge in [-0.05, 0) is 230 Å². The first-order valence-electron chi connectivity index (χ1n) is 30.7. The molecule has 0 saturated heterocycles. The Morgan fingerprint density at radius 3 is 1.45 bits per heavy atom. The van der Waals surface area contributed by atoms with Crippen LogP contribution >= 0.6 is 0 Å². The van der Waals surface area contributed by atoms with E-state index >= 15 is 0 Å². The molecule has 2 spiro atoms. The molecule has 0 N–H and O–H groups in total. The van der Waals surface area contributed by atoms with Crippen LogP contribution in [-0.2, 0) is 10.8 Å². The topological polar surface area (TPSA) is 24.9 Å². The summed E-state index contributed by atoms with van der Waals surface area (Å²) in [5, 5.41) is 4.97. The Balaban J connectivity index is 0.913. The second-order valence-corrected chi connectivity index (χ2v) is 25.3. The quantitative estimate of drug-likeness (QED) is 0.164. The normalized spacial score (nSPS) is 24.6. The van der Waals surface area contributed by atoms with E-state index in [1.165, 1.54) is 94.0 Å². The maximum Gasteiger partial charge on any atom is 0.151 e. The van der Waals surface area contributed by atoms with Crippen molar-refractivity contribution >= 4 is 44.3 Å². The summed E-state index contributed by atoms with van der Waals surface area (Å²) in [6.07, 6.45) is 36.2. The Kier molecular flexibility index (Phi) is 9.87. The molecule has 2 aliphatic heterocycles. The Morgan fingerprint density at radius 2 is 0.869 bits per heavy atom. The molecule has 0 bridgehead atoms. The van der Waals surface area contributed by atoms with Gasteiger partial charge in [-0.1, -0.05) is 170 Å².